The molecular formula is C12H31NSi. The highest BCUT2D eigenvalue weighted by Gasteiger charge is 1.90. The van der Waals surface area contributed by atoms with Gasteiger partial charge in [-0.05, 0) is 23.9 Å². The predicted octanol–water partition coefficient (Wildman–Crippen LogP) is 2.41. The molecule has 0 unspecified atom stereocenters. The summed E-state index contributed by atoms with van der Waals surface area (Å²) in [4.78, 5) is 0. The molecule has 0 aromatic carbocycles. The lowest BCUT2D eigenvalue weighted by atomic mass is 10.1. The van der Waals surface area contributed by atoms with Gasteiger partial charge in [-0.15, -0.1) is 0 Å². The molecule has 0 aliphatic carbocycles. The van der Waals surface area contributed by atoms with E-state index in [4.69, 9.17) is 5.73 Å². The van der Waals surface area contributed by atoms with Gasteiger partial charge in [-0.1, -0.05) is 64.7 Å². The maximum atomic E-state index is 5.42. The van der Waals surface area contributed by atoms with Gasteiger partial charge < -0.3 is 5.73 Å². The number of hydrogen-bond acceptors (Lipinski definition) is 1. The van der Waals surface area contributed by atoms with Crippen LogP contribution >= 0.6 is 0 Å². The molecule has 0 rings (SSSR count). The van der Waals surface area contributed by atoms with Crippen LogP contribution in [0.3, 0.4) is 0 Å². The summed E-state index contributed by atoms with van der Waals surface area (Å²) in [6, 6.07) is 0. The zero-order chi connectivity index (χ0) is 9.78. The molecule has 88 valence electrons. The fourth-order valence-corrected chi connectivity index (χ4v) is 1.63. The van der Waals surface area contributed by atoms with E-state index in [1.54, 1.807) is 0 Å². The predicted molar refractivity (Wildman–Crippen MR) is 72.2 cm³/mol. The summed E-state index contributed by atoms with van der Waals surface area (Å²) in [5, 5.41) is 0. The average molecular weight is 217 g/mol. The highest BCUT2D eigenvalue weighted by Crippen LogP contribution is 2.09. The summed E-state index contributed by atoms with van der Waals surface area (Å²) in [5.41, 5.74) is 5.42. The molecule has 2 N–H and O–H groups in total. The Labute approximate surface area is 94.9 Å². The molecule has 0 amide bonds. The van der Waals surface area contributed by atoms with Gasteiger partial charge in [0.25, 0.3) is 0 Å². The van der Waals surface area contributed by atoms with Gasteiger partial charge in [0.15, 0.2) is 0 Å². The Hall–Kier alpha value is 0.177. The van der Waals surface area contributed by atoms with Crippen LogP contribution < -0.4 is 5.73 Å². The molecule has 0 bridgehead atoms. The number of rotatable bonds is 10. The molecule has 0 spiro atoms. The summed E-state index contributed by atoms with van der Waals surface area (Å²) in [6.45, 7) is 3.14. The van der Waals surface area contributed by atoms with Crippen LogP contribution in [0.2, 0.25) is 0 Å². The van der Waals surface area contributed by atoms with E-state index < -0.39 is 0 Å². The van der Waals surface area contributed by atoms with E-state index in [-0.39, 0.29) is 11.0 Å². The summed E-state index contributed by atoms with van der Waals surface area (Å²) < 4.78 is 0. The fourth-order valence-electron chi connectivity index (χ4n) is 1.63. The maximum absolute atomic E-state index is 5.42. The zero-order valence-electron chi connectivity index (χ0n) is 9.36. The summed E-state index contributed by atoms with van der Waals surface area (Å²) in [6.07, 6.45) is 13.9. The molecule has 2 heteroatoms. The van der Waals surface area contributed by atoms with Gasteiger partial charge in [-0.2, -0.15) is 0 Å². The Bertz CT molecular complexity index is 76.4. The highest BCUT2D eigenvalue weighted by atomic mass is 28.1. The zero-order valence-corrected chi connectivity index (χ0v) is 9.36. The molecule has 0 aliphatic rings. The van der Waals surface area contributed by atoms with E-state index in [1.807, 2.05) is 0 Å². The van der Waals surface area contributed by atoms with Crippen molar-refractivity contribution in [3.63, 3.8) is 0 Å². The van der Waals surface area contributed by atoms with Crippen molar-refractivity contribution in [2.24, 2.45) is 5.73 Å². The lowest BCUT2D eigenvalue weighted by molar-refractivity contribution is 0.558. The molecular weight excluding hydrogens is 186 g/mol. The van der Waals surface area contributed by atoms with Crippen molar-refractivity contribution >= 4 is 11.0 Å². The van der Waals surface area contributed by atoms with Crippen molar-refractivity contribution in [2.45, 2.75) is 71.1 Å². The van der Waals surface area contributed by atoms with E-state index in [0.717, 1.165) is 6.54 Å². The lowest BCUT2D eigenvalue weighted by Crippen LogP contribution is -1.97. The minimum absolute atomic E-state index is 0. The van der Waals surface area contributed by atoms with E-state index >= 15 is 0 Å². The number of nitrogens with two attached hydrogens (primary N) is 1. The Morgan fingerprint density at radius 1 is 0.643 bits per heavy atom. The van der Waals surface area contributed by atoms with Crippen molar-refractivity contribution in [3.8, 4) is 0 Å². The molecule has 0 aromatic heterocycles. The molecule has 14 heavy (non-hydrogen) atoms. The van der Waals surface area contributed by atoms with E-state index in [1.165, 1.54) is 64.2 Å². The minimum Gasteiger partial charge on any atom is -0.330 e. The first-order valence-electron chi connectivity index (χ1n) is 6.12. The second-order valence-corrected chi connectivity index (χ2v) is 3.97. The Kier molecular flexibility index (Phi) is 18.5. The van der Waals surface area contributed by atoms with Gasteiger partial charge >= 0.3 is 0 Å². The van der Waals surface area contributed by atoms with Crippen molar-refractivity contribution in [2.75, 3.05) is 6.54 Å². The van der Waals surface area contributed by atoms with Crippen molar-refractivity contribution in [1.29, 1.82) is 0 Å². The minimum atomic E-state index is 0. The molecule has 0 saturated heterocycles. The first kappa shape index (κ1) is 16.6. The van der Waals surface area contributed by atoms with Gasteiger partial charge in [-0.25, -0.2) is 0 Å². The van der Waals surface area contributed by atoms with Gasteiger partial charge in [0.1, 0.15) is 0 Å². The van der Waals surface area contributed by atoms with E-state index in [0.29, 0.717) is 0 Å². The van der Waals surface area contributed by atoms with Gasteiger partial charge in [-0.3, -0.25) is 0 Å². The van der Waals surface area contributed by atoms with Crippen LogP contribution in [-0.4, -0.2) is 17.5 Å². The second kappa shape index (κ2) is 15.6. The second-order valence-electron chi connectivity index (χ2n) is 3.97. The lowest BCUT2D eigenvalue weighted by Gasteiger charge is -2.00. The van der Waals surface area contributed by atoms with Crippen LogP contribution in [0.15, 0.2) is 0 Å². The maximum Gasteiger partial charge on any atom is -0.00773 e. The van der Waals surface area contributed by atoms with Gasteiger partial charge in [0.05, 0.1) is 0 Å². The van der Waals surface area contributed by atoms with Crippen LogP contribution in [0.4, 0.5) is 0 Å². The molecule has 0 saturated carbocycles. The van der Waals surface area contributed by atoms with Crippen molar-refractivity contribution in [3.05, 3.63) is 0 Å². The van der Waals surface area contributed by atoms with Crippen LogP contribution in [0.25, 0.3) is 0 Å². The van der Waals surface area contributed by atoms with E-state index in [2.05, 4.69) is 6.92 Å². The third kappa shape index (κ3) is 14.7. The molecule has 0 fully saturated rings. The van der Waals surface area contributed by atoms with Crippen molar-refractivity contribution < 1.29 is 0 Å². The summed E-state index contributed by atoms with van der Waals surface area (Å²) in [7, 11) is 0. The SMILES string of the molecule is CCCCCCCCCCCCN.[SiH4]. The fraction of sp³-hybridized carbons (Fsp3) is 1.00. The number of unbranched alkanes of at least 4 members (excludes halogenated alkanes) is 9. The molecule has 0 radical (unpaired) electrons. The molecule has 0 heterocycles. The largest absolute Gasteiger partial charge is 0.330 e. The standard InChI is InChI=1S/C12H27N.H4Si/c1-2-3-4-5-6-7-8-9-10-11-12-13;/h2-13H2,1H3;1H4. The van der Waals surface area contributed by atoms with Crippen LogP contribution in [0.5, 0.6) is 0 Å². The molecule has 0 aromatic rings. The van der Waals surface area contributed by atoms with Crippen LogP contribution in [0.1, 0.15) is 71.1 Å². The normalized spacial score (nSPS) is 9.86. The topological polar surface area (TPSA) is 26.0 Å². The first-order valence-corrected chi connectivity index (χ1v) is 6.12. The summed E-state index contributed by atoms with van der Waals surface area (Å²) in [5.74, 6) is 0. The quantitative estimate of drug-likeness (QED) is 0.441. The van der Waals surface area contributed by atoms with Gasteiger partial charge in [0.2, 0.25) is 0 Å². The Morgan fingerprint density at radius 3 is 1.36 bits per heavy atom. The Morgan fingerprint density at radius 2 is 1.00 bits per heavy atom. The summed E-state index contributed by atoms with van der Waals surface area (Å²) >= 11 is 0. The molecule has 0 aliphatic heterocycles. The van der Waals surface area contributed by atoms with Crippen LogP contribution in [-0.2, 0) is 0 Å². The molecule has 1 nitrogen and oxygen atoms in total. The Balaban J connectivity index is 0. The molecule has 0 atom stereocenters. The highest BCUT2D eigenvalue weighted by molar-refractivity contribution is 5.75. The average Bonchev–Trinajstić information content (AvgIpc) is 2.16. The van der Waals surface area contributed by atoms with E-state index in [9.17, 15) is 0 Å². The first-order chi connectivity index (χ1) is 6.41. The smallest absolute Gasteiger partial charge is 0.00773 e. The van der Waals surface area contributed by atoms with Crippen molar-refractivity contribution in [1.82, 2.24) is 0 Å². The van der Waals surface area contributed by atoms with Gasteiger partial charge in [0, 0.05) is 0 Å². The third-order valence-electron chi connectivity index (χ3n) is 2.56. The monoisotopic (exact) mass is 217 g/mol. The third-order valence-corrected chi connectivity index (χ3v) is 2.56. The van der Waals surface area contributed by atoms with Crippen LogP contribution in [0, 0.1) is 0 Å². The number of hydrogen-bond donors (Lipinski definition) is 1.